The molecule has 0 radical (unpaired) electrons. The molecule has 0 saturated heterocycles. The van der Waals surface area contributed by atoms with Crippen molar-refractivity contribution in [2.24, 2.45) is 0 Å². The van der Waals surface area contributed by atoms with Crippen LogP contribution in [0.2, 0.25) is 0 Å². The molecule has 2 aromatic carbocycles. The summed E-state index contributed by atoms with van der Waals surface area (Å²) >= 11 is 2.22. The lowest BCUT2D eigenvalue weighted by molar-refractivity contribution is -0.133. The van der Waals surface area contributed by atoms with Crippen molar-refractivity contribution in [2.45, 2.75) is 25.4 Å². The molecule has 7 nitrogen and oxygen atoms in total. The highest BCUT2D eigenvalue weighted by atomic mass is 32.2. The van der Waals surface area contributed by atoms with Crippen LogP contribution < -0.4 is 10.3 Å². The molecule has 0 saturated carbocycles. The van der Waals surface area contributed by atoms with Crippen LogP contribution in [0, 0.1) is 5.82 Å². The topological polar surface area (TPSA) is 84.7 Å². The predicted octanol–water partition coefficient (Wildman–Crippen LogP) is 5.54. The van der Waals surface area contributed by atoms with Gasteiger partial charge in [-0.25, -0.2) is 9.37 Å². The van der Waals surface area contributed by atoms with Gasteiger partial charge in [0.15, 0.2) is 5.16 Å². The summed E-state index contributed by atoms with van der Waals surface area (Å²) in [4.78, 5) is 32.5. The maximum Gasteiger partial charge on any atom is 0.313 e. The Balaban J connectivity index is 1.76. The largest absolute Gasteiger partial charge is 0.493 e. The molecule has 37 heavy (non-hydrogen) atoms. The zero-order valence-electron chi connectivity index (χ0n) is 20.6. The number of carboxylic acid groups (broad SMARTS) is 1. The Labute approximate surface area is 222 Å². The summed E-state index contributed by atoms with van der Waals surface area (Å²) < 4.78 is 21.5. The van der Waals surface area contributed by atoms with Crippen LogP contribution in [0.1, 0.15) is 20.3 Å². The molecule has 2 aromatic heterocycles. The predicted molar refractivity (Wildman–Crippen MR) is 147 cm³/mol. The van der Waals surface area contributed by atoms with Gasteiger partial charge in [0.05, 0.1) is 23.4 Å². The number of aliphatic carboxylic acids is 1. The molecular formula is C27H28FN3O4S2. The molecule has 0 amide bonds. The minimum atomic E-state index is -1.04. The highest BCUT2D eigenvalue weighted by molar-refractivity contribution is 7.99. The van der Waals surface area contributed by atoms with Gasteiger partial charge in [-0.15, -0.1) is 11.3 Å². The minimum Gasteiger partial charge on any atom is -0.493 e. The van der Waals surface area contributed by atoms with Gasteiger partial charge in [0.2, 0.25) is 0 Å². The molecule has 2 heterocycles. The van der Waals surface area contributed by atoms with Crippen molar-refractivity contribution >= 4 is 39.3 Å². The van der Waals surface area contributed by atoms with Crippen molar-refractivity contribution in [3.63, 3.8) is 0 Å². The molecule has 4 aromatic rings. The van der Waals surface area contributed by atoms with Crippen LogP contribution in [0.15, 0.2) is 63.9 Å². The number of para-hydroxylation sites is 1. The Morgan fingerprint density at radius 2 is 1.95 bits per heavy atom. The number of benzene rings is 2. The third-order valence-electron chi connectivity index (χ3n) is 5.92. The number of carboxylic acids is 1. The van der Waals surface area contributed by atoms with Crippen molar-refractivity contribution in [3.8, 4) is 22.6 Å². The fraction of sp³-hybridized carbons (Fsp3) is 0.296. The Bertz CT molecular complexity index is 1450. The van der Waals surface area contributed by atoms with Crippen LogP contribution in [0.3, 0.4) is 0 Å². The van der Waals surface area contributed by atoms with Crippen LogP contribution in [-0.4, -0.2) is 57.5 Å². The summed E-state index contributed by atoms with van der Waals surface area (Å²) in [5.41, 5.74) is 1.34. The van der Waals surface area contributed by atoms with Gasteiger partial charge in [-0.2, -0.15) is 0 Å². The van der Waals surface area contributed by atoms with Crippen molar-refractivity contribution in [1.29, 1.82) is 0 Å². The van der Waals surface area contributed by atoms with Gasteiger partial charge >= 0.3 is 5.97 Å². The van der Waals surface area contributed by atoms with Gasteiger partial charge in [-0.3, -0.25) is 14.2 Å². The molecular weight excluding hydrogens is 513 g/mol. The molecule has 10 heteroatoms. The number of thiophene rings is 1. The van der Waals surface area contributed by atoms with Gasteiger partial charge in [-0.05, 0) is 43.8 Å². The number of nitrogens with zero attached hydrogens (tertiary/aromatic N) is 3. The number of rotatable bonds is 12. The summed E-state index contributed by atoms with van der Waals surface area (Å²) in [5, 5.41) is 11.6. The molecule has 0 atom stereocenters. The Kier molecular flexibility index (Phi) is 8.96. The fourth-order valence-corrected chi connectivity index (χ4v) is 5.77. The van der Waals surface area contributed by atoms with Gasteiger partial charge in [-0.1, -0.05) is 49.9 Å². The lowest BCUT2D eigenvalue weighted by Crippen LogP contribution is -2.25. The van der Waals surface area contributed by atoms with Crippen LogP contribution in [0.25, 0.3) is 27.0 Å². The zero-order valence-corrected chi connectivity index (χ0v) is 22.3. The van der Waals surface area contributed by atoms with E-state index in [1.807, 2.05) is 29.6 Å². The SMILES string of the molecule is CCN(CC)CCCOc1ccccc1-c1csc2nc(SCC(=O)O)n(-c3cccc(F)c3)c(=O)c12. The number of hydrogen-bond donors (Lipinski definition) is 1. The zero-order chi connectivity index (χ0) is 26.4. The Hall–Kier alpha value is -3.21. The van der Waals surface area contributed by atoms with Crippen molar-refractivity contribution in [3.05, 3.63) is 70.1 Å². The summed E-state index contributed by atoms with van der Waals surface area (Å²) in [5.74, 6) is -1.16. The smallest absolute Gasteiger partial charge is 0.313 e. The summed E-state index contributed by atoms with van der Waals surface area (Å²) in [7, 11) is 0. The molecule has 0 aliphatic heterocycles. The maximum absolute atomic E-state index is 14.1. The summed E-state index contributed by atoms with van der Waals surface area (Å²) in [6, 6.07) is 13.2. The van der Waals surface area contributed by atoms with E-state index >= 15 is 0 Å². The van der Waals surface area contributed by atoms with Crippen LogP contribution in [-0.2, 0) is 4.79 Å². The number of thioether (sulfide) groups is 1. The number of fused-ring (bicyclic) bond motifs is 1. The first-order valence-electron chi connectivity index (χ1n) is 12.0. The number of ether oxygens (including phenoxy) is 1. The molecule has 0 aliphatic rings. The Morgan fingerprint density at radius 3 is 2.68 bits per heavy atom. The molecule has 0 unspecified atom stereocenters. The van der Waals surface area contributed by atoms with E-state index in [4.69, 9.17) is 4.74 Å². The summed E-state index contributed by atoms with van der Waals surface area (Å²) in [6.45, 7) is 7.73. The first-order valence-corrected chi connectivity index (χ1v) is 13.9. The molecule has 4 rings (SSSR count). The normalized spacial score (nSPS) is 11.4. The Morgan fingerprint density at radius 1 is 1.16 bits per heavy atom. The van der Waals surface area contributed by atoms with Crippen LogP contribution in [0.4, 0.5) is 4.39 Å². The molecule has 0 bridgehead atoms. The van der Waals surface area contributed by atoms with E-state index in [0.29, 0.717) is 28.1 Å². The van der Waals surface area contributed by atoms with Crippen molar-refractivity contribution < 1.29 is 19.0 Å². The lowest BCUT2D eigenvalue weighted by Gasteiger charge is -2.18. The van der Waals surface area contributed by atoms with E-state index in [1.54, 1.807) is 6.07 Å². The van der Waals surface area contributed by atoms with E-state index in [2.05, 4.69) is 23.7 Å². The van der Waals surface area contributed by atoms with E-state index in [9.17, 15) is 19.1 Å². The van der Waals surface area contributed by atoms with Gasteiger partial charge < -0.3 is 14.7 Å². The van der Waals surface area contributed by atoms with Gasteiger partial charge in [0.25, 0.3) is 5.56 Å². The van der Waals surface area contributed by atoms with Crippen LogP contribution >= 0.6 is 23.1 Å². The standard InChI is InChI=1S/C27H28FN3O4S2/c1-3-30(4-2)13-8-14-35-22-12-6-5-11-20(22)21-16-36-25-24(21)26(34)31(19-10-7-9-18(28)15-19)27(29-25)37-17-23(32)33/h5-7,9-12,15-16H,3-4,8,13-14,17H2,1-2H3,(H,32,33). The second-order valence-electron chi connectivity index (χ2n) is 8.25. The van der Waals surface area contributed by atoms with Crippen molar-refractivity contribution in [2.75, 3.05) is 32.0 Å². The third-order valence-corrected chi connectivity index (χ3v) is 7.71. The fourth-order valence-electron chi connectivity index (χ4n) is 4.06. The third kappa shape index (κ3) is 6.20. The molecule has 1 N–H and O–H groups in total. The van der Waals surface area contributed by atoms with Crippen molar-refractivity contribution in [1.82, 2.24) is 14.5 Å². The minimum absolute atomic E-state index is 0.194. The highest BCUT2D eigenvalue weighted by Gasteiger charge is 2.21. The van der Waals surface area contributed by atoms with E-state index < -0.39 is 17.3 Å². The first-order chi connectivity index (χ1) is 17.9. The monoisotopic (exact) mass is 541 g/mol. The van der Waals surface area contributed by atoms with Gasteiger partial charge in [0, 0.05) is 23.1 Å². The average Bonchev–Trinajstić information content (AvgIpc) is 3.32. The molecule has 0 spiro atoms. The van der Waals surface area contributed by atoms with Crippen LogP contribution in [0.5, 0.6) is 5.75 Å². The number of halogens is 1. The number of carbonyl (C=O) groups is 1. The number of hydrogen-bond acceptors (Lipinski definition) is 7. The maximum atomic E-state index is 14.1. The average molecular weight is 542 g/mol. The van der Waals surface area contributed by atoms with E-state index in [0.717, 1.165) is 43.4 Å². The molecule has 0 aliphatic carbocycles. The second-order valence-corrected chi connectivity index (χ2v) is 10.1. The molecule has 0 fully saturated rings. The molecule has 194 valence electrons. The second kappa shape index (κ2) is 12.4. The highest BCUT2D eigenvalue weighted by Crippen LogP contribution is 2.37. The first kappa shape index (κ1) is 26.8. The summed E-state index contributed by atoms with van der Waals surface area (Å²) in [6.07, 6.45) is 0.874. The quantitative estimate of drug-likeness (QED) is 0.143. The lowest BCUT2D eigenvalue weighted by atomic mass is 10.1. The number of aromatic nitrogens is 2. The van der Waals surface area contributed by atoms with E-state index in [-0.39, 0.29) is 16.6 Å². The van der Waals surface area contributed by atoms with E-state index in [1.165, 1.54) is 34.1 Å². The van der Waals surface area contributed by atoms with Gasteiger partial charge in [0.1, 0.15) is 16.4 Å².